The highest BCUT2D eigenvalue weighted by Gasteiger charge is 2.57. The molecule has 5 heteroatoms. The van der Waals surface area contributed by atoms with Gasteiger partial charge in [0.25, 0.3) is 0 Å². The van der Waals surface area contributed by atoms with Crippen molar-refractivity contribution in [2.45, 2.75) is 31.7 Å². The fraction of sp³-hybridized carbons (Fsp3) is 0.429. The second kappa shape index (κ2) is 4.63. The second-order valence-corrected chi connectivity index (χ2v) is 6.21. The Labute approximate surface area is 120 Å². The predicted octanol–water partition coefficient (Wildman–Crippen LogP) is 2.45. The van der Waals surface area contributed by atoms with E-state index in [0.717, 1.165) is 23.0 Å². The van der Waals surface area contributed by atoms with E-state index in [1.54, 1.807) is 0 Å². The van der Waals surface area contributed by atoms with Crippen LogP contribution < -0.4 is 10.6 Å². The van der Waals surface area contributed by atoms with Crippen molar-refractivity contribution in [1.82, 2.24) is 5.32 Å². The summed E-state index contributed by atoms with van der Waals surface area (Å²) in [4.78, 5) is 24.3. The maximum atomic E-state index is 12.2. The van der Waals surface area contributed by atoms with Gasteiger partial charge in [0.15, 0.2) is 0 Å². The van der Waals surface area contributed by atoms with Gasteiger partial charge in [-0.05, 0) is 49.9 Å². The number of anilines is 1. The van der Waals surface area contributed by atoms with Crippen molar-refractivity contribution < 1.29 is 9.59 Å². The van der Waals surface area contributed by atoms with Crippen molar-refractivity contribution in [1.29, 1.82) is 0 Å². The van der Waals surface area contributed by atoms with E-state index in [0.29, 0.717) is 18.9 Å². The molecule has 0 heterocycles. The molecule has 0 aromatic heterocycles. The molecule has 2 aliphatic rings. The van der Waals surface area contributed by atoms with Crippen molar-refractivity contribution in [2.75, 3.05) is 5.32 Å². The molecule has 1 aromatic rings. The second-order valence-electron chi connectivity index (χ2n) is 5.29. The molecule has 2 saturated carbocycles. The average Bonchev–Trinajstić information content (AvgIpc) is 3.25. The number of nitrogens with one attached hydrogen (secondary N) is 2. The lowest BCUT2D eigenvalue weighted by Crippen LogP contribution is -2.40. The number of amides is 2. The zero-order valence-corrected chi connectivity index (χ0v) is 12.0. The number of hydrogen-bond acceptors (Lipinski definition) is 2. The van der Waals surface area contributed by atoms with Crippen LogP contribution in [0.15, 0.2) is 28.7 Å². The molecule has 2 fully saturated rings. The lowest BCUT2D eigenvalue weighted by Gasteiger charge is -2.15. The van der Waals surface area contributed by atoms with Crippen LogP contribution in [-0.2, 0) is 9.59 Å². The Morgan fingerprint density at radius 1 is 1.11 bits per heavy atom. The Balaban J connectivity index is 1.65. The molecule has 0 radical (unpaired) electrons. The monoisotopic (exact) mass is 322 g/mol. The molecule has 2 aliphatic carbocycles. The Bertz CT molecular complexity index is 519. The minimum Gasteiger partial charge on any atom is -0.352 e. The van der Waals surface area contributed by atoms with Gasteiger partial charge in [-0.2, -0.15) is 0 Å². The minimum absolute atomic E-state index is 0.107. The van der Waals surface area contributed by atoms with E-state index in [4.69, 9.17) is 0 Å². The Hall–Kier alpha value is -1.36. The summed E-state index contributed by atoms with van der Waals surface area (Å²) in [5, 5.41) is 5.75. The van der Waals surface area contributed by atoms with Gasteiger partial charge in [0.1, 0.15) is 5.41 Å². The van der Waals surface area contributed by atoms with Gasteiger partial charge in [-0.1, -0.05) is 15.9 Å². The van der Waals surface area contributed by atoms with Gasteiger partial charge in [-0.25, -0.2) is 0 Å². The number of benzene rings is 1. The summed E-state index contributed by atoms with van der Waals surface area (Å²) in [6, 6.07) is 7.65. The maximum absolute atomic E-state index is 12.2. The quantitative estimate of drug-likeness (QED) is 0.836. The molecule has 0 spiro atoms. The number of carbonyl (C=O) groups excluding carboxylic acids is 2. The summed E-state index contributed by atoms with van der Waals surface area (Å²) < 4.78 is 0.957. The summed E-state index contributed by atoms with van der Waals surface area (Å²) >= 11 is 3.34. The highest BCUT2D eigenvalue weighted by Crippen LogP contribution is 2.47. The van der Waals surface area contributed by atoms with Gasteiger partial charge < -0.3 is 10.6 Å². The van der Waals surface area contributed by atoms with E-state index in [1.165, 1.54) is 0 Å². The third-order valence-electron chi connectivity index (χ3n) is 3.63. The molecule has 19 heavy (non-hydrogen) atoms. The van der Waals surface area contributed by atoms with Crippen LogP contribution in [-0.4, -0.2) is 17.9 Å². The summed E-state index contributed by atoms with van der Waals surface area (Å²) in [5.74, 6) is -0.294. The molecule has 0 saturated heterocycles. The molecular weight excluding hydrogens is 308 g/mol. The van der Waals surface area contributed by atoms with E-state index in [-0.39, 0.29) is 11.8 Å². The summed E-state index contributed by atoms with van der Waals surface area (Å²) in [5.41, 5.74) is -0.103. The highest BCUT2D eigenvalue weighted by molar-refractivity contribution is 9.10. The van der Waals surface area contributed by atoms with Crippen LogP contribution in [0.25, 0.3) is 0 Å². The maximum Gasteiger partial charge on any atom is 0.240 e. The topological polar surface area (TPSA) is 58.2 Å². The van der Waals surface area contributed by atoms with E-state index < -0.39 is 5.41 Å². The molecule has 4 nitrogen and oxygen atoms in total. The van der Waals surface area contributed by atoms with Crippen LogP contribution in [0.3, 0.4) is 0 Å². The first-order chi connectivity index (χ1) is 9.10. The Morgan fingerprint density at radius 2 is 1.74 bits per heavy atom. The van der Waals surface area contributed by atoms with Gasteiger partial charge in [-0.3, -0.25) is 9.59 Å². The normalized spacial score (nSPS) is 19.6. The fourth-order valence-electron chi connectivity index (χ4n) is 2.02. The third-order valence-corrected chi connectivity index (χ3v) is 4.16. The van der Waals surface area contributed by atoms with Crippen LogP contribution in [0.4, 0.5) is 5.69 Å². The van der Waals surface area contributed by atoms with Gasteiger partial charge in [0, 0.05) is 16.2 Å². The summed E-state index contributed by atoms with van der Waals surface area (Å²) in [7, 11) is 0. The van der Waals surface area contributed by atoms with E-state index >= 15 is 0 Å². The van der Waals surface area contributed by atoms with Gasteiger partial charge in [0.05, 0.1) is 0 Å². The molecule has 2 amide bonds. The molecule has 0 atom stereocenters. The number of hydrogen-bond donors (Lipinski definition) is 2. The van der Waals surface area contributed by atoms with Gasteiger partial charge in [-0.15, -0.1) is 0 Å². The Kier molecular flexibility index (Phi) is 3.09. The van der Waals surface area contributed by atoms with Crippen LogP contribution in [0.5, 0.6) is 0 Å². The molecule has 0 bridgehead atoms. The molecule has 0 aliphatic heterocycles. The standard InChI is InChI=1S/C14H15BrN2O2/c15-9-1-3-10(4-2-9)16-12(18)14(7-8-14)13(19)17-11-5-6-11/h1-4,11H,5-8H2,(H,16,18)(H,17,19). The molecule has 1 aromatic carbocycles. The van der Waals surface area contributed by atoms with E-state index in [2.05, 4.69) is 26.6 Å². The van der Waals surface area contributed by atoms with Crippen molar-refractivity contribution in [3.05, 3.63) is 28.7 Å². The fourth-order valence-corrected chi connectivity index (χ4v) is 2.28. The van der Waals surface area contributed by atoms with Gasteiger partial charge >= 0.3 is 0 Å². The summed E-state index contributed by atoms with van der Waals surface area (Å²) in [6.07, 6.45) is 3.37. The molecule has 2 N–H and O–H groups in total. The van der Waals surface area contributed by atoms with Crippen LogP contribution >= 0.6 is 15.9 Å². The highest BCUT2D eigenvalue weighted by atomic mass is 79.9. The zero-order chi connectivity index (χ0) is 13.5. The first-order valence-corrected chi connectivity index (χ1v) is 7.27. The average molecular weight is 323 g/mol. The smallest absolute Gasteiger partial charge is 0.240 e. The minimum atomic E-state index is -0.824. The number of rotatable bonds is 4. The van der Waals surface area contributed by atoms with E-state index in [1.807, 2.05) is 24.3 Å². The largest absolute Gasteiger partial charge is 0.352 e. The van der Waals surface area contributed by atoms with Crippen LogP contribution in [0, 0.1) is 5.41 Å². The Morgan fingerprint density at radius 3 is 2.26 bits per heavy atom. The van der Waals surface area contributed by atoms with Crippen molar-refractivity contribution in [3.63, 3.8) is 0 Å². The third kappa shape index (κ3) is 2.66. The van der Waals surface area contributed by atoms with Crippen LogP contribution in [0.1, 0.15) is 25.7 Å². The lowest BCUT2D eigenvalue weighted by atomic mass is 10.0. The first-order valence-electron chi connectivity index (χ1n) is 6.48. The van der Waals surface area contributed by atoms with Crippen LogP contribution in [0.2, 0.25) is 0 Å². The van der Waals surface area contributed by atoms with Gasteiger partial charge in [0.2, 0.25) is 11.8 Å². The van der Waals surface area contributed by atoms with Crippen molar-refractivity contribution >= 4 is 33.4 Å². The number of halogens is 1. The zero-order valence-electron chi connectivity index (χ0n) is 10.4. The molecular formula is C14H15BrN2O2. The molecule has 3 rings (SSSR count). The predicted molar refractivity (Wildman–Crippen MR) is 75.6 cm³/mol. The van der Waals surface area contributed by atoms with E-state index in [9.17, 15) is 9.59 Å². The molecule has 0 unspecified atom stereocenters. The number of carbonyl (C=O) groups is 2. The van der Waals surface area contributed by atoms with Crippen molar-refractivity contribution in [3.8, 4) is 0 Å². The first kappa shape index (κ1) is 12.7. The SMILES string of the molecule is O=C(Nc1ccc(Br)cc1)C1(C(=O)NC2CC2)CC1. The summed E-state index contributed by atoms with van der Waals surface area (Å²) in [6.45, 7) is 0. The van der Waals surface area contributed by atoms with Crippen molar-refractivity contribution in [2.24, 2.45) is 5.41 Å². The lowest BCUT2D eigenvalue weighted by molar-refractivity contribution is -0.134. The molecule has 100 valence electrons.